The van der Waals surface area contributed by atoms with Crippen molar-refractivity contribution in [3.05, 3.63) is 52.3 Å². The van der Waals surface area contributed by atoms with E-state index < -0.39 is 0 Å². The zero-order valence-electron chi connectivity index (χ0n) is 22.4. The van der Waals surface area contributed by atoms with E-state index in [0.717, 1.165) is 61.4 Å². The molecule has 0 bridgehead atoms. The molecule has 2 aliphatic rings. The van der Waals surface area contributed by atoms with Gasteiger partial charge in [-0.05, 0) is 77.7 Å². The largest absolute Gasteiger partial charge is 0.412 e. The van der Waals surface area contributed by atoms with Gasteiger partial charge in [0.25, 0.3) is 0 Å². The molecule has 0 saturated carbocycles. The average molecular weight is 675 g/mol. The van der Waals surface area contributed by atoms with Crippen LogP contribution in [0.2, 0.25) is 0 Å². The minimum Gasteiger partial charge on any atom is -0.412 e. The normalized spacial score (nSPS) is 17.6. The molecule has 3 heterocycles. The van der Waals surface area contributed by atoms with E-state index in [1.54, 1.807) is 0 Å². The lowest BCUT2D eigenvalue weighted by Crippen LogP contribution is -2.46. The number of piperidine rings is 1. The highest BCUT2D eigenvalue weighted by atomic mass is 79.9. The second-order valence-corrected chi connectivity index (χ2v) is 10.8. The summed E-state index contributed by atoms with van der Waals surface area (Å²) in [6.45, 7) is 7.57. The third-order valence-electron chi connectivity index (χ3n) is 7.37. The molecule has 13 heteroatoms. The molecule has 224 valence electrons. The Bertz CT molecular complexity index is 1130. The Morgan fingerprint density at radius 1 is 0.974 bits per heavy atom. The molecule has 1 saturated heterocycles. The summed E-state index contributed by atoms with van der Waals surface area (Å²) in [4.78, 5) is 12.5. The maximum absolute atomic E-state index is 6.32. The van der Waals surface area contributed by atoms with E-state index in [1.165, 1.54) is 23.2 Å². The third-order valence-corrected chi connectivity index (χ3v) is 7.81. The van der Waals surface area contributed by atoms with Gasteiger partial charge in [-0.3, -0.25) is 0 Å². The number of para-hydroxylation sites is 2. The molecule has 1 fully saturated rings. The van der Waals surface area contributed by atoms with E-state index >= 15 is 0 Å². The van der Waals surface area contributed by atoms with Gasteiger partial charge in [0.15, 0.2) is 0 Å². The molecular weight excluding hydrogens is 631 g/mol. The number of hydrogen-bond acceptors (Lipinski definition) is 5. The molecule has 2 unspecified atom stereocenters. The van der Waals surface area contributed by atoms with Crippen LogP contribution in [-0.4, -0.2) is 67.6 Å². The number of fused-ring (bicyclic) bond motifs is 2. The van der Waals surface area contributed by atoms with Crippen molar-refractivity contribution >= 4 is 70.1 Å². The first-order valence-corrected chi connectivity index (χ1v) is 13.2. The zero-order chi connectivity index (χ0) is 22.9. The molecule has 2 aromatic heterocycles. The van der Waals surface area contributed by atoms with Crippen molar-refractivity contribution in [1.82, 2.24) is 19.4 Å². The van der Waals surface area contributed by atoms with Crippen molar-refractivity contribution in [2.75, 3.05) is 25.0 Å². The Morgan fingerprint density at radius 3 is 2.31 bits per heavy atom. The Balaban J connectivity index is 0. The molecule has 1 aromatic carbocycles. The number of hydrogen-bond donors (Lipinski definition) is 2. The van der Waals surface area contributed by atoms with Gasteiger partial charge in [-0.2, -0.15) is 0 Å². The van der Waals surface area contributed by atoms with Crippen molar-refractivity contribution in [2.24, 2.45) is 11.7 Å². The summed E-state index contributed by atoms with van der Waals surface area (Å²) in [6, 6.07) is 13.6. The lowest BCUT2D eigenvalue weighted by Gasteiger charge is -2.35. The SMILES string of the molecule is CC(C)C(N)CN1CCC(Nc2nc3ccccc3n2C2CCCc3ccc(Br)nc32)CC1.Cl.Cl.Cl.O.O.O. The van der Waals surface area contributed by atoms with E-state index in [9.17, 15) is 0 Å². The molecule has 5 rings (SSSR count). The fraction of sp³-hybridized carbons (Fsp3) is 0.538. The van der Waals surface area contributed by atoms with Gasteiger partial charge in [0, 0.05) is 31.7 Å². The monoisotopic (exact) mass is 672 g/mol. The second-order valence-electron chi connectivity index (χ2n) is 10.0. The van der Waals surface area contributed by atoms with Gasteiger partial charge in [-0.25, -0.2) is 9.97 Å². The fourth-order valence-corrected chi connectivity index (χ4v) is 5.59. The van der Waals surface area contributed by atoms with Crippen LogP contribution in [0.15, 0.2) is 41.0 Å². The minimum atomic E-state index is 0. The van der Waals surface area contributed by atoms with Crippen LogP contribution in [-0.2, 0) is 6.42 Å². The number of aryl methyl sites for hydroxylation is 1. The third kappa shape index (κ3) is 8.89. The number of benzene rings is 1. The molecule has 9 nitrogen and oxygen atoms in total. The van der Waals surface area contributed by atoms with Crippen LogP contribution in [0.25, 0.3) is 11.0 Å². The first-order chi connectivity index (χ1) is 16.0. The molecule has 39 heavy (non-hydrogen) atoms. The van der Waals surface area contributed by atoms with Gasteiger partial charge in [0.1, 0.15) is 4.60 Å². The fourth-order valence-electron chi connectivity index (χ4n) is 5.27. The summed E-state index contributed by atoms with van der Waals surface area (Å²) in [5, 5.41) is 3.83. The molecule has 0 radical (unpaired) electrons. The Kier molecular flexibility index (Phi) is 18.0. The van der Waals surface area contributed by atoms with Gasteiger partial charge >= 0.3 is 0 Å². The number of halogens is 4. The second kappa shape index (κ2) is 17.6. The van der Waals surface area contributed by atoms with Gasteiger partial charge < -0.3 is 36.9 Å². The van der Waals surface area contributed by atoms with Crippen LogP contribution in [0.4, 0.5) is 5.95 Å². The number of nitrogens with zero attached hydrogens (tertiary/aromatic N) is 4. The van der Waals surface area contributed by atoms with Crippen molar-refractivity contribution in [3.8, 4) is 0 Å². The first kappa shape index (κ1) is 39.9. The molecule has 1 aliphatic heterocycles. The Hall–Kier alpha value is -1.21. The summed E-state index contributed by atoms with van der Waals surface area (Å²) >= 11 is 3.60. The highest BCUT2D eigenvalue weighted by molar-refractivity contribution is 9.10. The topological polar surface area (TPSA) is 166 Å². The van der Waals surface area contributed by atoms with Gasteiger partial charge in [-0.1, -0.05) is 32.0 Å². The number of nitrogens with two attached hydrogens (primary N) is 1. The predicted octanol–water partition coefficient (Wildman–Crippen LogP) is 3.77. The number of aromatic nitrogens is 3. The molecular formula is C26H44BrCl3N6O3. The van der Waals surface area contributed by atoms with Crippen LogP contribution in [0, 0.1) is 5.92 Å². The van der Waals surface area contributed by atoms with Gasteiger partial charge in [-0.15, -0.1) is 37.2 Å². The van der Waals surface area contributed by atoms with E-state index in [2.05, 4.69) is 81.0 Å². The Morgan fingerprint density at radius 2 is 1.64 bits per heavy atom. The summed E-state index contributed by atoms with van der Waals surface area (Å²) in [7, 11) is 0. The molecule has 1 aliphatic carbocycles. The number of anilines is 1. The van der Waals surface area contributed by atoms with Crippen molar-refractivity contribution < 1.29 is 16.4 Å². The van der Waals surface area contributed by atoms with Crippen molar-refractivity contribution in [2.45, 2.75) is 64.1 Å². The van der Waals surface area contributed by atoms with E-state index in [4.69, 9.17) is 15.7 Å². The standard InChI is InChI=1S/C26H35BrN6.3ClH.3H2O/c1-17(2)20(28)16-32-14-12-19(13-15-32)29-26-30-21-7-3-4-8-22(21)33(26)23-9-5-6-18-10-11-24(27)31-25(18)23;;;;;;/h3-4,7-8,10-11,17,19-20,23H,5-6,9,12-16,28H2,1-2H3,(H,29,30);3*1H;3*1H2. The summed E-state index contributed by atoms with van der Waals surface area (Å²) in [5.41, 5.74) is 11.1. The van der Waals surface area contributed by atoms with Gasteiger partial charge in [0.2, 0.25) is 5.95 Å². The molecule has 3 aromatic rings. The van der Waals surface area contributed by atoms with Crippen LogP contribution in [0.3, 0.4) is 0 Å². The number of rotatable bonds is 6. The van der Waals surface area contributed by atoms with Crippen LogP contribution in [0.1, 0.15) is 56.8 Å². The number of likely N-dealkylation sites (tertiary alicyclic amines) is 1. The quantitative estimate of drug-likeness (QED) is 0.379. The van der Waals surface area contributed by atoms with E-state index in [0.29, 0.717) is 12.0 Å². The highest BCUT2D eigenvalue weighted by Crippen LogP contribution is 2.37. The molecule has 0 amide bonds. The molecule has 0 spiro atoms. The smallest absolute Gasteiger partial charge is 0.204 e. The summed E-state index contributed by atoms with van der Waals surface area (Å²) in [5.74, 6) is 1.50. The summed E-state index contributed by atoms with van der Waals surface area (Å²) in [6.07, 6.45) is 5.56. The summed E-state index contributed by atoms with van der Waals surface area (Å²) < 4.78 is 3.31. The minimum absolute atomic E-state index is 0. The lowest BCUT2D eigenvalue weighted by molar-refractivity contribution is 0.194. The van der Waals surface area contributed by atoms with Gasteiger partial charge in [0.05, 0.1) is 22.8 Å². The van der Waals surface area contributed by atoms with Crippen molar-refractivity contribution in [3.63, 3.8) is 0 Å². The number of nitrogens with one attached hydrogen (secondary N) is 1. The number of pyridine rings is 1. The lowest BCUT2D eigenvalue weighted by atomic mass is 9.91. The maximum Gasteiger partial charge on any atom is 0.204 e. The van der Waals surface area contributed by atoms with Crippen molar-refractivity contribution in [1.29, 1.82) is 0 Å². The average Bonchev–Trinajstić information content (AvgIpc) is 3.17. The van der Waals surface area contributed by atoms with Crippen LogP contribution < -0.4 is 11.1 Å². The maximum atomic E-state index is 6.32. The molecule has 2 atom stereocenters. The van der Waals surface area contributed by atoms with E-state index in [1.807, 2.05) is 0 Å². The van der Waals surface area contributed by atoms with Crippen LogP contribution in [0.5, 0.6) is 0 Å². The van der Waals surface area contributed by atoms with Crippen LogP contribution >= 0.6 is 53.2 Å². The molecule has 9 N–H and O–H groups in total. The van der Waals surface area contributed by atoms with E-state index in [-0.39, 0.29) is 65.7 Å². The Labute approximate surface area is 258 Å². The highest BCUT2D eigenvalue weighted by Gasteiger charge is 2.29. The zero-order valence-corrected chi connectivity index (χ0v) is 26.4. The predicted molar refractivity (Wildman–Crippen MR) is 171 cm³/mol. The first-order valence-electron chi connectivity index (χ1n) is 12.4. The number of imidazole rings is 1.